The van der Waals surface area contributed by atoms with Crippen molar-refractivity contribution in [2.45, 2.75) is 37.4 Å². The Kier molecular flexibility index (Phi) is 7.70. The van der Waals surface area contributed by atoms with E-state index in [2.05, 4.69) is 5.18 Å². The van der Waals surface area contributed by atoms with Crippen LogP contribution in [0.5, 0.6) is 0 Å². The number of halogens is 3. The molecule has 32 heavy (non-hydrogen) atoms. The zero-order valence-corrected chi connectivity index (χ0v) is 17.9. The largest absolute Gasteiger partial charge is 0.479 e. The fraction of sp³-hybridized carbons (Fsp3) is 0.240. The highest BCUT2D eigenvalue weighted by atomic mass is 35.5. The number of rotatable bonds is 10. The lowest BCUT2D eigenvalue weighted by Gasteiger charge is -2.23. The first-order valence-electron chi connectivity index (χ1n) is 10.2. The minimum Gasteiger partial charge on any atom is -0.479 e. The number of carboxylic acid groups (broad SMARTS) is 1. The van der Waals surface area contributed by atoms with E-state index in [0.717, 1.165) is 11.6 Å². The van der Waals surface area contributed by atoms with Crippen LogP contribution < -0.4 is 0 Å². The molecule has 0 fully saturated rings. The number of nitroso groups, excluding NO2 is 1. The highest BCUT2D eigenvalue weighted by Crippen LogP contribution is 2.35. The Morgan fingerprint density at radius 2 is 1.75 bits per heavy atom. The molecule has 2 unspecified atom stereocenters. The number of benzene rings is 3. The number of alkyl halides is 1. The van der Waals surface area contributed by atoms with Crippen LogP contribution >= 0.6 is 11.6 Å². The van der Waals surface area contributed by atoms with Gasteiger partial charge in [0.1, 0.15) is 11.9 Å². The Balaban J connectivity index is 1.75. The monoisotopic (exact) mass is 457 g/mol. The number of hydrogen-bond donors (Lipinski definition) is 1. The Bertz CT molecular complexity index is 1080. The Morgan fingerprint density at radius 3 is 2.34 bits per heavy atom. The van der Waals surface area contributed by atoms with Crippen LogP contribution in [0.2, 0.25) is 5.02 Å². The molecule has 3 aromatic carbocycles. The van der Waals surface area contributed by atoms with Crippen LogP contribution in [-0.2, 0) is 11.2 Å². The highest BCUT2D eigenvalue weighted by molar-refractivity contribution is 6.30. The number of aliphatic carboxylic acids is 1. The molecular weight excluding hydrogens is 436 g/mol. The summed E-state index contributed by atoms with van der Waals surface area (Å²) in [5, 5.41) is 12.9. The van der Waals surface area contributed by atoms with Gasteiger partial charge in [-0.05, 0) is 54.2 Å². The van der Waals surface area contributed by atoms with E-state index >= 15 is 4.39 Å². The fourth-order valence-electron chi connectivity index (χ4n) is 3.64. The van der Waals surface area contributed by atoms with Gasteiger partial charge in [-0.2, -0.15) is 4.91 Å². The minimum absolute atomic E-state index is 0.126. The molecule has 0 aliphatic heterocycles. The van der Waals surface area contributed by atoms with Crippen molar-refractivity contribution in [3.8, 4) is 11.1 Å². The summed E-state index contributed by atoms with van der Waals surface area (Å²) in [4.78, 5) is 23.1. The standard InChI is InChI=1S/C25H22ClF2NO3/c26-20-11-8-18(9-12-20)21-13-10-19(15-22(21)27)23(29-32)16-25(28,24(30)31)14-4-7-17-5-2-1-3-6-17/h1-3,5-6,8-13,15,23H,4,7,14,16H2,(H,30,31). The van der Waals surface area contributed by atoms with Gasteiger partial charge in [0, 0.05) is 17.0 Å². The van der Waals surface area contributed by atoms with Crippen LogP contribution in [0, 0.1) is 10.7 Å². The van der Waals surface area contributed by atoms with Crippen LogP contribution in [0.1, 0.15) is 36.4 Å². The van der Waals surface area contributed by atoms with Crippen molar-refractivity contribution in [1.82, 2.24) is 0 Å². The van der Waals surface area contributed by atoms with Gasteiger partial charge in [-0.25, -0.2) is 13.6 Å². The van der Waals surface area contributed by atoms with Crippen LogP contribution in [-0.4, -0.2) is 16.7 Å². The van der Waals surface area contributed by atoms with E-state index in [-0.39, 0.29) is 24.0 Å². The molecule has 0 heterocycles. The lowest BCUT2D eigenvalue weighted by Crippen LogP contribution is -2.35. The van der Waals surface area contributed by atoms with E-state index in [1.165, 1.54) is 12.1 Å². The van der Waals surface area contributed by atoms with E-state index in [0.29, 0.717) is 17.0 Å². The van der Waals surface area contributed by atoms with Crippen LogP contribution in [0.15, 0.2) is 78.0 Å². The summed E-state index contributed by atoms with van der Waals surface area (Å²) < 4.78 is 30.0. The van der Waals surface area contributed by atoms with Crippen molar-refractivity contribution in [3.05, 3.63) is 99.7 Å². The van der Waals surface area contributed by atoms with Gasteiger partial charge in [0.05, 0.1) is 0 Å². The average molecular weight is 458 g/mol. The van der Waals surface area contributed by atoms with E-state index in [9.17, 15) is 19.2 Å². The molecule has 3 rings (SSSR count). The van der Waals surface area contributed by atoms with Crippen molar-refractivity contribution < 1.29 is 18.7 Å². The quantitative estimate of drug-likeness (QED) is 0.328. The van der Waals surface area contributed by atoms with Gasteiger partial charge < -0.3 is 5.11 Å². The molecule has 2 atom stereocenters. The van der Waals surface area contributed by atoms with Crippen molar-refractivity contribution in [2.24, 2.45) is 5.18 Å². The van der Waals surface area contributed by atoms with E-state index < -0.39 is 29.9 Å². The molecule has 0 bridgehead atoms. The number of nitrogens with zero attached hydrogens (tertiary/aromatic N) is 1. The predicted molar refractivity (Wildman–Crippen MR) is 121 cm³/mol. The zero-order valence-electron chi connectivity index (χ0n) is 17.2. The fourth-order valence-corrected chi connectivity index (χ4v) is 3.76. The van der Waals surface area contributed by atoms with Gasteiger partial charge in [-0.1, -0.05) is 71.4 Å². The van der Waals surface area contributed by atoms with Crippen molar-refractivity contribution in [1.29, 1.82) is 0 Å². The van der Waals surface area contributed by atoms with E-state index in [4.69, 9.17) is 11.6 Å². The van der Waals surface area contributed by atoms with Crippen molar-refractivity contribution >= 4 is 17.6 Å². The molecule has 0 aliphatic rings. The topological polar surface area (TPSA) is 66.7 Å². The van der Waals surface area contributed by atoms with Crippen LogP contribution in [0.3, 0.4) is 0 Å². The molecule has 166 valence electrons. The number of carbonyl (C=O) groups is 1. The first kappa shape index (κ1) is 23.5. The number of aryl methyl sites for hydroxylation is 1. The number of hydrogen-bond acceptors (Lipinski definition) is 3. The van der Waals surface area contributed by atoms with Crippen molar-refractivity contribution in [3.63, 3.8) is 0 Å². The number of carboxylic acids is 1. The molecular formula is C25H22ClF2NO3. The van der Waals surface area contributed by atoms with Gasteiger partial charge in [-0.3, -0.25) is 0 Å². The van der Waals surface area contributed by atoms with Gasteiger partial charge in [0.15, 0.2) is 0 Å². The van der Waals surface area contributed by atoms with Gasteiger partial charge in [0.2, 0.25) is 5.67 Å². The van der Waals surface area contributed by atoms with Gasteiger partial charge in [0.25, 0.3) is 0 Å². The molecule has 0 saturated carbocycles. The first-order valence-corrected chi connectivity index (χ1v) is 10.5. The maximum atomic E-state index is 15.3. The second-order valence-corrected chi connectivity index (χ2v) is 8.12. The molecule has 0 saturated heterocycles. The molecule has 0 radical (unpaired) electrons. The average Bonchev–Trinajstić information content (AvgIpc) is 2.79. The molecule has 4 nitrogen and oxygen atoms in total. The van der Waals surface area contributed by atoms with Crippen LogP contribution in [0.25, 0.3) is 11.1 Å². The lowest BCUT2D eigenvalue weighted by molar-refractivity contribution is -0.152. The molecule has 7 heteroatoms. The summed E-state index contributed by atoms with van der Waals surface area (Å²) in [7, 11) is 0. The smallest absolute Gasteiger partial charge is 0.341 e. The summed E-state index contributed by atoms with van der Waals surface area (Å²) in [6.45, 7) is 0. The predicted octanol–water partition coefficient (Wildman–Crippen LogP) is 7.16. The second kappa shape index (κ2) is 10.5. The summed E-state index contributed by atoms with van der Waals surface area (Å²) >= 11 is 5.86. The zero-order chi connectivity index (χ0) is 23.1. The Hall–Kier alpha value is -3.12. The SMILES string of the molecule is O=NC(CC(F)(CCCc1ccccc1)C(=O)O)c1ccc(-c2ccc(Cl)cc2)c(F)c1. The maximum absolute atomic E-state index is 15.3. The van der Waals surface area contributed by atoms with E-state index in [1.807, 2.05) is 30.3 Å². The Morgan fingerprint density at radius 1 is 1.06 bits per heavy atom. The van der Waals surface area contributed by atoms with Gasteiger partial charge >= 0.3 is 5.97 Å². The normalized spacial score (nSPS) is 13.8. The molecule has 0 aromatic heterocycles. The summed E-state index contributed by atoms with van der Waals surface area (Å²) in [6.07, 6.45) is -0.166. The van der Waals surface area contributed by atoms with Gasteiger partial charge in [-0.15, -0.1) is 0 Å². The lowest BCUT2D eigenvalue weighted by atomic mass is 9.87. The Labute approximate surface area is 189 Å². The molecule has 3 aromatic rings. The van der Waals surface area contributed by atoms with Crippen molar-refractivity contribution in [2.75, 3.05) is 0 Å². The maximum Gasteiger partial charge on any atom is 0.341 e. The third kappa shape index (κ3) is 5.77. The summed E-state index contributed by atoms with van der Waals surface area (Å²) in [6, 6.07) is 18.6. The van der Waals surface area contributed by atoms with E-state index in [1.54, 1.807) is 24.3 Å². The first-order chi connectivity index (χ1) is 15.3. The molecule has 0 spiro atoms. The third-order valence-electron chi connectivity index (χ3n) is 5.44. The molecule has 1 N–H and O–H groups in total. The molecule has 0 aliphatic carbocycles. The second-order valence-electron chi connectivity index (χ2n) is 7.68. The summed E-state index contributed by atoms with van der Waals surface area (Å²) in [5.74, 6) is -2.28. The summed E-state index contributed by atoms with van der Waals surface area (Å²) in [5.41, 5.74) is -0.701. The molecule has 0 amide bonds. The third-order valence-corrected chi connectivity index (χ3v) is 5.69. The van der Waals surface area contributed by atoms with Crippen LogP contribution in [0.4, 0.5) is 8.78 Å². The minimum atomic E-state index is -2.65. The highest BCUT2D eigenvalue weighted by Gasteiger charge is 2.41.